The van der Waals surface area contributed by atoms with E-state index in [-0.39, 0.29) is 17.5 Å². The van der Waals surface area contributed by atoms with E-state index in [9.17, 15) is 9.59 Å². The van der Waals surface area contributed by atoms with E-state index in [4.69, 9.17) is 9.52 Å². The second-order valence-electron chi connectivity index (χ2n) is 5.76. The minimum atomic E-state index is -0.993. The van der Waals surface area contributed by atoms with Crippen LogP contribution in [0.25, 0.3) is 0 Å². The van der Waals surface area contributed by atoms with Crippen LogP contribution in [0.1, 0.15) is 58.2 Å². The molecule has 1 atom stereocenters. The lowest BCUT2D eigenvalue weighted by Gasteiger charge is -2.28. The fourth-order valence-electron chi connectivity index (χ4n) is 3.05. The summed E-state index contributed by atoms with van der Waals surface area (Å²) in [7, 11) is 0. The molecule has 1 amide bonds. The molecule has 0 radical (unpaired) electrons. The number of rotatable bonds is 3. The van der Waals surface area contributed by atoms with Crippen LogP contribution in [0.4, 0.5) is 0 Å². The van der Waals surface area contributed by atoms with Gasteiger partial charge in [0.15, 0.2) is 0 Å². The molecule has 3 rings (SSSR count). The Morgan fingerprint density at radius 2 is 1.78 bits per heavy atom. The van der Waals surface area contributed by atoms with Gasteiger partial charge in [-0.15, -0.1) is 0 Å². The molecule has 1 unspecified atom stereocenters. The average molecular weight is 313 g/mol. The molecule has 1 N–H and O–H groups in total. The van der Waals surface area contributed by atoms with E-state index >= 15 is 0 Å². The van der Waals surface area contributed by atoms with Gasteiger partial charge in [0.1, 0.15) is 5.76 Å². The zero-order chi connectivity index (χ0) is 16.2. The van der Waals surface area contributed by atoms with Gasteiger partial charge < -0.3 is 14.4 Å². The molecule has 0 saturated carbocycles. The minimum Gasteiger partial charge on any atom is -0.478 e. The number of nitrogens with zero attached hydrogens (tertiary/aromatic N) is 1. The Kier molecular flexibility index (Phi) is 4.46. The molecule has 2 aromatic rings. The molecule has 1 aromatic carbocycles. The average Bonchev–Trinajstić information content (AvgIpc) is 2.99. The van der Waals surface area contributed by atoms with Crippen LogP contribution in [-0.4, -0.2) is 28.4 Å². The maximum Gasteiger partial charge on any atom is 0.335 e. The first-order valence-corrected chi connectivity index (χ1v) is 7.84. The molecule has 1 saturated heterocycles. The second kappa shape index (κ2) is 6.69. The van der Waals surface area contributed by atoms with Gasteiger partial charge in [0.25, 0.3) is 5.91 Å². The summed E-state index contributed by atoms with van der Waals surface area (Å²) < 4.78 is 5.52. The third kappa shape index (κ3) is 3.28. The van der Waals surface area contributed by atoms with Gasteiger partial charge in [-0.3, -0.25) is 4.79 Å². The van der Waals surface area contributed by atoms with Crippen LogP contribution >= 0.6 is 0 Å². The summed E-state index contributed by atoms with van der Waals surface area (Å²) in [5, 5.41) is 8.96. The molecule has 1 aliphatic heterocycles. The van der Waals surface area contributed by atoms with Crippen molar-refractivity contribution in [2.75, 3.05) is 6.54 Å². The van der Waals surface area contributed by atoms with E-state index in [1.54, 1.807) is 18.4 Å². The van der Waals surface area contributed by atoms with Crippen molar-refractivity contribution in [3.05, 3.63) is 59.5 Å². The number of benzene rings is 1. The van der Waals surface area contributed by atoms with Crippen molar-refractivity contribution in [1.29, 1.82) is 0 Å². The molecule has 0 spiro atoms. The van der Waals surface area contributed by atoms with Gasteiger partial charge >= 0.3 is 5.97 Å². The molecule has 5 nitrogen and oxygen atoms in total. The van der Waals surface area contributed by atoms with Crippen molar-refractivity contribution in [3.63, 3.8) is 0 Å². The molecule has 1 aliphatic rings. The number of likely N-dealkylation sites (tertiary alicyclic amines) is 1. The minimum absolute atomic E-state index is 0.0563. The molecule has 0 bridgehead atoms. The van der Waals surface area contributed by atoms with Crippen LogP contribution in [0, 0.1) is 0 Å². The summed E-state index contributed by atoms with van der Waals surface area (Å²) in [6, 6.07) is 9.78. The second-order valence-corrected chi connectivity index (χ2v) is 5.76. The number of hydrogen-bond donors (Lipinski definition) is 1. The Labute approximate surface area is 134 Å². The van der Waals surface area contributed by atoms with Gasteiger partial charge in [-0.05, 0) is 49.2 Å². The summed E-state index contributed by atoms with van der Waals surface area (Å²) >= 11 is 0. The molecule has 2 heterocycles. The summed E-state index contributed by atoms with van der Waals surface area (Å²) in [6.45, 7) is 0.685. The van der Waals surface area contributed by atoms with Crippen molar-refractivity contribution < 1.29 is 19.1 Å². The topological polar surface area (TPSA) is 70.8 Å². The summed E-state index contributed by atoms with van der Waals surface area (Å²) in [4.78, 5) is 25.7. The van der Waals surface area contributed by atoms with Crippen LogP contribution in [-0.2, 0) is 0 Å². The fourth-order valence-corrected chi connectivity index (χ4v) is 3.05. The van der Waals surface area contributed by atoms with Crippen LogP contribution in [0.15, 0.2) is 47.1 Å². The smallest absolute Gasteiger partial charge is 0.335 e. The third-order valence-corrected chi connectivity index (χ3v) is 4.26. The number of aromatic carboxylic acids is 1. The first-order valence-electron chi connectivity index (χ1n) is 7.84. The van der Waals surface area contributed by atoms with E-state index < -0.39 is 5.97 Å². The lowest BCUT2D eigenvalue weighted by atomic mass is 10.1. The van der Waals surface area contributed by atoms with Crippen molar-refractivity contribution >= 4 is 11.9 Å². The Hall–Kier alpha value is -2.56. The first kappa shape index (κ1) is 15.3. The summed E-state index contributed by atoms with van der Waals surface area (Å²) in [6.07, 6.45) is 5.64. The number of furan rings is 1. The highest BCUT2D eigenvalue weighted by Gasteiger charge is 2.29. The predicted molar refractivity (Wildman–Crippen MR) is 84.4 cm³/mol. The van der Waals surface area contributed by atoms with Gasteiger partial charge in [0.2, 0.25) is 0 Å². The van der Waals surface area contributed by atoms with E-state index in [1.807, 2.05) is 17.0 Å². The third-order valence-electron chi connectivity index (χ3n) is 4.26. The lowest BCUT2D eigenvalue weighted by molar-refractivity contribution is 0.0654. The summed E-state index contributed by atoms with van der Waals surface area (Å²) in [5.74, 6) is -0.264. The molecule has 1 fully saturated rings. The van der Waals surface area contributed by atoms with E-state index in [0.717, 1.165) is 31.4 Å². The van der Waals surface area contributed by atoms with Gasteiger partial charge in [-0.25, -0.2) is 4.79 Å². The maximum absolute atomic E-state index is 12.9. The van der Waals surface area contributed by atoms with E-state index in [0.29, 0.717) is 12.1 Å². The largest absolute Gasteiger partial charge is 0.478 e. The number of carboxylic acid groups (broad SMARTS) is 1. The molecule has 0 aliphatic carbocycles. The Bertz CT molecular complexity index is 676. The Morgan fingerprint density at radius 3 is 2.43 bits per heavy atom. The van der Waals surface area contributed by atoms with Gasteiger partial charge in [0, 0.05) is 12.1 Å². The Morgan fingerprint density at radius 1 is 1.04 bits per heavy atom. The quantitative estimate of drug-likeness (QED) is 0.937. The highest BCUT2D eigenvalue weighted by Crippen LogP contribution is 2.31. The number of hydrogen-bond acceptors (Lipinski definition) is 3. The van der Waals surface area contributed by atoms with Gasteiger partial charge in [-0.1, -0.05) is 12.8 Å². The Balaban J connectivity index is 1.86. The number of carbonyl (C=O) groups is 2. The van der Waals surface area contributed by atoms with Crippen LogP contribution in [0.3, 0.4) is 0 Å². The number of carbonyl (C=O) groups excluding carboxylic acids is 1. The molecule has 23 heavy (non-hydrogen) atoms. The van der Waals surface area contributed by atoms with Crippen molar-refractivity contribution in [2.45, 2.75) is 31.7 Å². The van der Waals surface area contributed by atoms with Crippen LogP contribution < -0.4 is 0 Å². The molecular formula is C18H19NO4. The standard InChI is InChI=1S/C18H19NO4/c20-17(13-7-9-14(10-8-13)18(21)22)19-11-3-1-2-5-15(19)16-6-4-12-23-16/h4,6-10,12,15H,1-3,5,11H2,(H,21,22). The zero-order valence-corrected chi connectivity index (χ0v) is 12.8. The predicted octanol–water partition coefficient (Wildman–Crippen LogP) is 3.74. The number of amides is 1. The molecule has 120 valence electrons. The summed E-state index contributed by atoms with van der Waals surface area (Å²) in [5.41, 5.74) is 0.688. The van der Waals surface area contributed by atoms with Gasteiger partial charge in [0.05, 0.1) is 17.9 Å². The molecule has 5 heteroatoms. The SMILES string of the molecule is O=C(O)c1ccc(C(=O)N2CCCCCC2c2ccco2)cc1. The molecular weight excluding hydrogens is 294 g/mol. The van der Waals surface area contributed by atoms with Crippen molar-refractivity contribution in [2.24, 2.45) is 0 Å². The lowest BCUT2D eigenvalue weighted by Crippen LogP contribution is -2.34. The highest BCUT2D eigenvalue weighted by atomic mass is 16.4. The van der Waals surface area contributed by atoms with Gasteiger partial charge in [-0.2, -0.15) is 0 Å². The molecule has 1 aromatic heterocycles. The fraction of sp³-hybridized carbons (Fsp3) is 0.333. The van der Waals surface area contributed by atoms with E-state index in [1.165, 1.54) is 12.1 Å². The monoisotopic (exact) mass is 313 g/mol. The van der Waals surface area contributed by atoms with Crippen LogP contribution in [0.5, 0.6) is 0 Å². The van der Waals surface area contributed by atoms with Crippen molar-refractivity contribution in [1.82, 2.24) is 4.90 Å². The number of carboxylic acids is 1. The highest BCUT2D eigenvalue weighted by molar-refractivity contribution is 5.96. The van der Waals surface area contributed by atoms with Crippen molar-refractivity contribution in [3.8, 4) is 0 Å². The maximum atomic E-state index is 12.9. The first-order chi connectivity index (χ1) is 11.2. The van der Waals surface area contributed by atoms with Crippen LogP contribution in [0.2, 0.25) is 0 Å². The zero-order valence-electron chi connectivity index (χ0n) is 12.8. The van der Waals surface area contributed by atoms with E-state index in [2.05, 4.69) is 0 Å². The normalized spacial score (nSPS) is 18.4.